The quantitative estimate of drug-likeness (QED) is 0.715. The van der Waals surface area contributed by atoms with Crippen molar-refractivity contribution in [3.63, 3.8) is 0 Å². The average Bonchev–Trinajstić information content (AvgIpc) is 2.93. The van der Waals surface area contributed by atoms with E-state index in [4.69, 9.17) is 10.5 Å². The number of methoxy groups -OCH3 is 1. The molecule has 0 fully saturated rings. The van der Waals surface area contributed by atoms with Gasteiger partial charge in [0.1, 0.15) is 5.75 Å². The van der Waals surface area contributed by atoms with Crippen molar-refractivity contribution in [1.82, 2.24) is 0 Å². The number of rotatable bonds is 4. The van der Waals surface area contributed by atoms with Crippen molar-refractivity contribution in [2.75, 3.05) is 7.11 Å². The molecule has 0 aliphatic carbocycles. The summed E-state index contributed by atoms with van der Waals surface area (Å²) in [6.45, 7) is 0. The molecular weight excluding hydrogens is 346 g/mol. The van der Waals surface area contributed by atoms with Gasteiger partial charge in [0.2, 0.25) is 0 Å². The van der Waals surface area contributed by atoms with Crippen LogP contribution in [0.1, 0.15) is 16.5 Å². The third-order valence-corrected chi connectivity index (χ3v) is 5.52. The number of benzene rings is 2. The summed E-state index contributed by atoms with van der Waals surface area (Å²) in [6.07, 6.45) is 0.782. The van der Waals surface area contributed by atoms with E-state index in [1.807, 2.05) is 18.2 Å². The average molecular weight is 362 g/mol. The zero-order valence-electron chi connectivity index (χ0n) is 11.7. The third kappa shape index (κ3) is 3.12. The number of nitrogens with two attached hydrogens (primary N) is 1. The van der Waals surface area contributed by atoms with E-state index in [1.165, 1.54) is 20.5 Å². The van der Waals surface area contributed by atoms with Gasteiger partial charge < -0.3 is 10.5 Å². The molecule has 2 aromatic carbocycles. The summed E-state index contributed by atoms with van der Waals surface area (Å²) in [5, 5.41) is 1.26. The van der Waals surface area contributed by atoms with Crippen LogP contribution in [0.25, 0.3) is 10.1 Å². The van der Waals surface area contributed by atoms with Crippen molar-refractivity contribution in [3.8, 4) is 5.75 Å². The molecule has 1 heterocycles. The predicted octanol–water partition coefficient (Wildman–Crippen LogP) is 4.91. The van der Waals surface area contributed by atoms with Crippen LogP contribution in [0.5, 0.6) is 5.75 Å². The fraction of sp³-hybridized carbons (Fsp3) is 0.176. The second kappa shape index (κ2) is 6.18. The molecule has 0 radical (unpaired) electrons. The van der Waals surface area contributed by atoms with Crippen LogP contribution >= 0.6 is 27.3 Å². The molecule has 0 bridgehead atoms. The van der Waals surface area contributed by atoms with E-state index in [1.54, 1.807) is 18.4 Å². The van der Waals surface area contributed by atoms with Gasteiger partial charge in [0.05, 0.1) is 7.11 Å². The van der Waals surface area contributed by atoms with E-state index in [2.05, 4.69) is 46.3 Å². The second-order valence-corrected chi connectivity index (χ2v) is 6.92. The third-order valence-electron chi connectivity index (χ3n) is 3.50. The van der Waals surface area contributed by atoms with Crippen LogP contribution in [0.3, 0.4) is 0 Å². The number of ether oxygens (including phenoxy) is 1. The molecule has 108 valence electrons. The molecule has 2 nitrogen and oxygen atoms in total. The Labute approximate surface area is 136 Å². The highest BCUT2D eigenvalue weighted by molar-refractivity contribution is 9.10. The summed E-state index contributed by atoms with van der Waals surface area (Å²) < 4.78 is 7.64. The molecule has 3 rings (SSSR count). The largest absolute Gasteiger partial charge is 0.497 e. The van der Waals surface area contributed by atoms with Gasteiger partial charge in [-0.15, -0.1) is 11.3 Å². The van der Waals surface area contributed by atoms with E-state index >= 15 is 0 Å². The molecule has 0 spiro atoms. The summed E-state index contributed by atoms with van der Waals surface area (Å²) in [5.74, 6) is 0.858. The number of fused-ring (bicyclic) bond motifs is 1. The van der Waals surface area contributed by atoms with Crippen molar-refractivity contribution < 1.29 is 4.74 Å². The van der Waals surface area contributed by atoms with Crippen molar-refractivity contribution in [2.24, 2.45) is 5.73 Å². The van der Waals surface area contributed by atoms with Crippen LogP contribution in [0, 0.1) is 0 Å². The minimum Gasteiger partial charge on any atom is -0.497 e. The predicted molar refractivity (Wildman–Crippen MR) is 93.2 cm³/mol. The Morgan fingerprint density at radius 1 is 1.19 bits per heavy atom. The molecule has 1 aromatic heterocycles. The van der Waals surface area contributed by atoms with Gasteiger partial charge in [0.15, 0.2) is 0 Å². The minimum absolute atomic E-state index is 0.00851. The highest BCUT2D eigenvalue weighted by atomic mass is 79.9. The van der Waals surface area contributed by atoms with E-state index in [-0.39, 0.29) is 6.04 Å². The highest BCUT2D eigenvalue weighted by Gasteiger charge is 2.13. The zero-order valence-corrected chi connectivity index (χ0v) is 14.1. The fourth-order valence-corrected chi connectivity index (χ4v) is 3.83. The first kappa shape index (κ1) is 14.6. The van der Waals surface area contributed by atoms with Gasteiger partial charge in [-0.2, -0.15) is 0 Å². The molecule has 3 aromatic rings. The molecule has 0 amide bonds. The van der Waals surface area contributed by atoms with Gasteiger partial charge in [-0.25, -0.2) is 0 Å². The molecule has 1 atom stereocenters. The Morgan fingerprint density at radius 3 is 2.76 bits per heavy atom. The molecule has 21 heavy (non-hydrogen) atoms. The number of hydrogen-bond donors (Lipinski definition) is 1. The van der Waals surface area contributed by atoms with Crippen LogP contribution < -0.4 is 10.5 Å². The van der Waals surface area contributed by atoms with Crippen LogP contribution in [-0.2, 0) is 6.42 Å². The molecular formula is C17H16BrNOS. The standard InChI is InChI=1S/C17H16BrNOS/c1-20-13-6-7-14(18)12(8-13)9-15(19)17-10-11-4-2-3-5-16(11)21-17/h2-8,10,15H,9,19H2,1H3. The SMILES string of the molecule is COc1ccc(Br)c(CC(N)c2cc3ccccc3s2)c1. The molecule has 0 saturated carbocycles. The van der Waals surface area contributed by atoms with Gasteiger partial charge in [0.25, 0.3) is 0 Å². The van der Waals surface area contributed by atoms with E-state index in [9.17, 15) is 0 Å². The summed E-state index contributed by atoms with van der Waals surface area (Å²) in [5.41, 5.74) is 7.57. The summed E-state index contributed by atoms with van der Waals surface area (Å²) >= 11 is 5.36. The van der Waals surface area contributed by atoms with Gasteiger partial charge in [-0.1, -0.05) is 34.1 Å². The van der Waals surface area contributed by atoms with Crippen molar-refractivity contribution >= 4 is 37.4 Å². The first-order chi connectivity index (χ1) is 10.2. The molecule has 0 saturated heterocycles. The molecule has 2 N–H and O–H groups in total. The molecule has 0 aliphatic heterocycles. The summed E-state index contributed by atoms with van der Waals surface area (Å²) in [6, 6.07) is 16.6. The van der Waals surface area contributed by atoms with E-state index in [0.29, 0.717) is 0 Å². The Balaban J connectivity index is 1.87. The Kier molecular flexibility index (Phi) is 4.29. The maximum atomic E-state index is 6.40. The monoisotopic (exact) mass is 361 g/mol. The van der Waals surface area contributed by atoms with Crippen LogP contribution in [0.2, 0.25) is 0 Å². The number of hydrogen-bond acceptors (Lipinski definition) is 3. The van der Waals surface area contributed by atoms with Gasteiger partial charge in [-0.3, -0.25) is 0 Å². The van der Waals surface area contributed by atoms with Crippen molar-refractivity contribution in [1.29, 1.82) is 0 Å². The lowest BCUT2D eigenvalue weighted by Gasteiger charge is -2.12. The topological polar surface area (TPSA) is 35.2 Å². The van der Waals surface area contributed by atoms with Crippen molar-refractivity contribution in [2.45, 2.75) is 12.5 Å². The van der Waals surface area contributed by atoms with Crippen LogP contribution in [0.4, 0.5) is 0 Å². The zero-order chi connectivity index (χ0) is 14.8. The van der Waals surface area contributed by atoms with Crippen molar-refractivity contribution in [3.05, 3.63) is 63.4 Å². The lowest BCUT2D eigenvalue weighted by Crippen LogP contribution is -2.12. The normalized spacial score (nSPS) is 12.5. The van der Waals surface area contributed by atoms with E-state index < -0.39 is 0 Å². The maximum Gasteiger partial charge on any atom is 0.119 e. The Morgan fingerprint density at radius 2 is 2.00 bits per heavy atom. The Hall–Kier alpha value is -1.36. The lowest BCUT2D eigenvalue weighted by molar-refractivity contribution is 0.414. The highest BCUT2D eigenvalue weighted by Crippen LogP contribution is 2.32. The number of halogens is 1. The molecule has 0 aliphatic rings. The first-order valence-corrected chi connectivity index (χ1v) is 8.35. The van der Waals surface area contributed by atoms with Gasteiger partial charge >= 0.3 is 0 Å². The molecule has 4 heteroatoms. The first-order valence-electron chi connectivity index (χ1n) is 6.74. The fourth-order valence-electron chi connectivity index (χ4n) is 2.36. The van der Waals surface area contributed by atoms with Crippen LogP contribution in [-0.4, -0.2) is 7.11 Å². The number of thiophene rings is 1. The summed E-state index contributed by atoms with van der Waals surface area (Å²) in [4.78, 5) is 1.21. The van der Waals surface area contributed by atoms with E-state index in [0.717, 1.165) is 16.6 Å². The lowest BCUT2D eigenvalue weighted by atomic mass is 10.0. The van der Waals surface area contributed by atoms with Gasteiger partial charge in [0, 0.05) is 20.1 Å². The summed E-state index contributed by atoms with van der Waals surface area (Å²) in [7, 11) is 1.68. The maximum absolute atomic E-state index is 6.40. The minimum atomic E-state index is -0.00851. The Bertz CT molecular complexity index is 735. The molecule has 1 unspecified atom stereocenters. The van der Waals surface area contributed by atoms with Crippen LogP contribution in [0.15, 0.2) is 53.0 Å². The smallest absolute Gasteiger partial charge is 0.119 e. The second-order valence-electron chi connectivity index (χ2n) is 4.95. The van der Waals surface area contributed by atoms with Gasteiger partial charge in [-0.05, 0) is 47.7 Å².